The molecule has 0 aliphatic heterocycles. The lowest BCUT2D eigenvalue weighted by atomic mass is 9.81. The lowest BCUT2D eigenvalue weighted by Crippen LogP contribution is -2.36. The molecule has 25 heavy (non-hydrogen) atoms. The van der Waals surface area contributed by atoms with Gasteiger partial charge in [0.25, 0.3) is 0 Å². The average molecular weight is 386 g/mol. The lowest BCUT2D eigenvalue weighted by Gasteiger charge is -2.35. The Morgan fingerprint density at radius 1 is 0.840 bits per heavy atom. The minimum Gasteiger partial charge on any atom is -0.318 e. The zero-order valence-electron chi connectivity index (χ0n) is 13.0. The lowest BCUT2D eigenvalue weighted by molar-refractivity contribution is 0.523. The van der Waals surface area contributed by atoms with Gasteiger partial charge in [0.15, 0.2) is 0 Å². The quantitative estimate of drug-likeness (QED) is 0.465. The fourth-order valence-corrected chi connectivity index (χ4v) is 4.23. The van der Waals surface area contributed by atoms with Gasteiger partial charge in [-0.15, -0.1) is 11.3 Å². The first-order chi connectivity index (χ1) is 12.2. The van der Waals surface area contributed by atoms with Crippen LogP contribution in [0.15, 0.2) is 79.0 Å². The van der Waals surface area contributed by atoms with Crippen molar-refractivity contribution >= 4 is 34.5 Å². The molecule has 0 saturated carbocycles. The molecule has 0 unspecified atom stereocenters. The summed E-state index contributed by atoms with van der Waals surface area (Å²) in [5.74, 6) is 0. The molecule has 2 heterocycles. The van der Waals surface area contributed by atoms with Crippen molar-refractivity contribution in [2.75, 3.05) is 0 Å². The highest BCUT2D eigenvalue weighted by Gasteiger charge is 2.39. The fourth-order valence-electron chi connectivity index (χ4n) is 3.11. The molecule has 0 spiro atoms. The van der Waals surface area contributed by atoms with Gasteiger partial charge in [-0.05, 0) is 35.4 Å². The maximum atomic E-state index is 6.13. The minimum absolute atomic E-state index is 0.590. The van der Waals surface area contributed by atoms with E-state index in [4.69, 9.17) is 23.2 Å². The van der Waals surface area contributed by atoms with Crippen molar-refractivity contribution < 1.29 is 0 Å². The number of nitrogens with zero attached hydrogens (tertiary/aromatic N) is 3. The molecule has 4 aromatic rings. The Bertz CT molecular complexity index is 865. The molecule has 0 N–H and O–H groups in total. The van der Waals surface area contributed by atoms with E-state index in [1.54, 1.807) is 17.5 Å². The van der Waals surface area contributed by atoms with Crippen molar-refractivity contribution in [2.24, 2.45) is 0 Å². The smallest absolute Gasteiger partial charge is 0.132 e. The van der Waals surface area contributed by atoms with Crippen LogP contribution in [0.2, 0.25) is 10.0 Å². The van der Waals surface area contributed by atoms with E-state index in [0.717, 1.165) is 16.0 Å². The van der Waals surface area contributed by atoms with Gasteiger partial charge in [0, 0.05) is 28.6 Å². The van der Waals surface area contributed by atoms with Crippen LogP contribution in [0.1, 0.15) is 16.0 Å². The van der Waals surface area contributed by atoms with Gasteiger partial charge in [0.2, 0.25) is 0 Å². The first-order valence-corrected chi connectivity index (χ1v) is 9.24. The monoisotopic (exact) mass is 385 g/mol. The minimum atomic E-state index is -0.590. The number of hydrogen-bond acceptors (Lipinski definition) is 3. The van der Waals surface area contributed by atoms with Gasteiger partial charge in [0.1, 0.15) is 5.54 Å². The summed E-state index contributed by atoms with van der Waals surface area (Å²) in [5, 5.41) is 1.40. The molecule has 0 saturated heterocycles. The largest absolute Gasteiger partial charge is 0.318 e. The molecule has 3 nitrogen and oxygen atoms in total. The van der Waals surface area contributed by atoms with E-state index in [1.165, 1.54) is 0 Å². The zero-order chi connectivity index (χ0) is 17.3. The van der Waals surface area contributed by atoms with Crippen molar-refractivity contribution in [2.45, 2.75) is 5.54 Å². The van der Waals surface area contributed by atoms with Crippen LogP contribution in [-0.2, 0) is 5.54 Å². The topological polar surface area (TPSA) is 30.7 Å². The number of imidazole rings is 1. The number of rotatable bonds is 4. The summed E-state index contributed by atoms with van der Waals surface area (Å²) in [6, 6.07) is 15.8. The maximum absolute atomic E-state index is 6.13. The van der Waals surface area contributed by atoms with E-state index < -0.39 is 5.54 Å². The molecule has 2 aromatic heterocycles. The molecular formula is C19H13Cl2N3S. The van der Waals surface area contributed by atoms with Gasteiger partial charge in [0.05, 0.1) is 16.7 Å². The number of benzene rings is 2. The molecule has 0 bridgehead atoms. The van der Waals surface area contributed by atoms with Crippen LogP contribution in [0, 0.1) is 0 Å². The number of halogens is 2. The standard InChI is InChI=1S/C19H13Cl2N3S/c20-16-5-1-14(2-6-16)19(18-11-23-13-25-18,24-10-9-22-12-24)15-3-7-17(21)8-4-15/h1-13H. The average Bonchev–Trinajstić information content (AvgIpc) is 3.33. The Hall–Kier alpha value is -2.14. The van der Waals surface area contributed by atoms with Crippen LogP contribution >= 0.6 is 34.5 Å². The van der Waals surface area contributed by atoms with Crippen LogP contribution < -0.4 is 0 Å². The number of thiazole rings is 1. The molecule has 0 radical (unpaired) electrons. The van der Waals surface area contributed by atoms with Crippen molar-refractivity contribution in [3.05, 3.63) is 105 Å². The van der Waals surface area contributed by atoms with Crippen LogP contribution in [0.3, 0.4) is 0 Å². The molecule has 6 heteroatoms. The Balaban J connectivity index is 2.08. The van der Waals surface area contributed by atoms with Crippen LogP contribution in [0.25, 0.3) is 0 Å². The molecule has 0 amide bonds. The first kappa shape index (κ1) is 16.3. The summed E-state index contributed by atoms with van der Waals surface area (Å²) < 4.78 is 2.09. The van der Waals surface area contributed by atoms with Gasteiger partial charge in [-0.2, -0.15) is 0 Å². The van der Waals surface area contributed by atoms with Crippen molar-refractivity contribution in [1.29, 1.82) is 0 Å². The van der Waals surface area contributed by atoms with Crippen molar-refractivity contribution in [3.8, 4) is 0 Å². The Morgan fingerprint density at radius 2 is 1.44 bits per heavy atom. The summed E-state index contributed by atoms with van der Waals surface area (Å²) in [6.45, 7) is 0. The van der Waals surface area contributed by atoms with E-state index >= 15 is 0 Å². The summed E-state index contributed by atoms with van der Waals surface area (Å²) >= 11 is 13.9. The highest BCUT2D eigenvalue weighted by molar-refractivity contribution is 7.09. The summed E-state index contributed by atoms with van der Waals surface area (Å²) in [4.78, 5) is 9.67. The molecular weight excluding hydrogens is 373 g/mol. The van der Waals surface area contributed by atoms with Gasteiger partial charge in [-0.3, -0.25) is 4.98 Å². The fraction of sp³-hybridized carbons (Fsp3) is 0.0526. The Morgan fingerprint density at radius 3 is 1.88 bits per heavy atom. The summed E-state index contributed by atoms with van der Waals surface area (Å²) in [6.07, 6.45) is 7.46. The van der Waals surface area contributed by atoms with Crippen molar-refractivity contribution in [1.82, 2.24) is 14.5 Å². The molecule has 0 aliphatic carbocycles. The van der Waals surface area contributed by atoms with E-state index in [0.29, 0.717) is 10.0 Å². The van der Waals surface area contributed by atoms with Gasteiger partial charge < -0.3 is 4.57 Å². The SMILES string of the molecule is Clc1ccc(C(c2ccc(Cl)cc2)(c2cncs2)n2ccnc2)cc1. The van der Waals surface area contributed by atoms with Gasteiger partial charge >= 0.3 is 0 Å². The van der Waals surface area contributed by atoms with Crippen LogP contribution in [0.4, 0.5) is 0 Å². The Labute approximate surface area is 159 Å². The third-order valence-electron chi connectivity index (χ3n) is 4.20. The van der Waals surface area contributed by atoms with Gasteiger partial charge in [-0.1, -0.05) is 47.5 Å². The zero-order valence-corrected chi connectivity index (χ0v) is 15.3. The second-order valence-corrected chi connectivity index (χ2v) is 7.32. The highest BCUT2D eigenvalue weighted by atomic mass is 35.5. The maximum Gasteiger partial charge on any atom is 0.132 e. The second kappa shape index (κ2) is 6.64. The van der Waals surface area contributed by atoms with Crippen LogP contribution in [-0.4, -0.2) is 14.5 Å². The number of hydrogen-bond donors (Lipinski definition) is 0. The van der Waals surface area contributed by atoms with Crippen molar-refractivity contribution in [3.63, 3.8) is 0 Å². The molecule has 0 fully saturated rings. The van der Waals surface area contributed by atoms with Crippen LogP contribution in [0.5, 0.6) is 0 Å². The molecule has 0 aliphatic rings. The summed E-state index contributed by atoms with van der Waals surface area (Å²) in [5.41, 5.74) is 3.39. The van der Waals surface area contributed by atoms with E-state index in [9.17, 15) is 0 Å². The number of aromatic nitrogens is 3. The van der Waals surface area contributed by atoms with E-state index in [-0.39, 0.29) is 0 Å². The van der Waals surface area contributed by atoms with E-state index in [2.05, 4.69) is 14.5 Å². The second-order valence-electron chi connectivity index (χ2n) is 5.56. The Kier molecular flexibility index (Phi) is 4.34. The first-order valence-electron chi connectivity index (χ1n) is 7.61. The predicted octanol–water partition coefficient (Wildman–Crippen LogP) is 5.49. The normalized spacial score (nSPS) is 11.6. The molecule has 4 rings (SSSR count). The molecule has 0 atom stereocenters. The highest BCUT2D eigenvalue weighted by Crippen LogP contribution is 2.42. The molecule has 124 valence electrons. The van der Waals surface area contributed by atoms with E-state index in [1.807, 2.05) is 72.8 Å². The predicted molar refractivity (Wildman–Crippen MR) is 103 cm³/mol. The van der Waals surface area contributed by atoms with Gasteiger partial charge in [-0.25, -0.2) is 4.98 Å². The summed E-state index contributed by atoms with van der Waals surface area (Å²) in [7, 11) is 0. The third-order valence-corrected chi connectivity index (χ3v) is 5.59. The molecule has 2 aromatic carbocycles. The third kappa shape index (κ3) is 2.76.